The summed E-state index contributed by atoms with van der Waals surface area (Å²) in [6, 6.07) is 24.5. The zero-order valence-electron chi connectivity index (χ0n) is 18.0. The van der Waals surface area contributed by atoms with Crippen molar-refractivity contribution < 1.29 is 17.4 Å². The largest absolute Gasteiger partial charge is 0.383 e. The Morgan fingerprint density at radius 1 is 0.903 bits per heavy atom. The van der Waals surface area contributed by atoms with Gasteiger partial charge in [-0.05, 0) is 54.3 Å². The molecule has 5 nitrogen and oxygen atoms in total. The van der Waals surface area contributed by atoms with Crippen molar-refractivity contribution >= 4 is 16.0 Å². The van der Waals surface area contributed by atoms with Crippen LogP contribution in [-0.4, -0.2) is 31.5 Å². The molecular formula is C25H27NO4S. The maximum absolute atomic E-state index is 13.3. The summed E-state index contributed by atoms with van der Waals surface area (Å²) in [6.45, 7) is 4.50. The van der Waals surface area contributed by atoms with E-state index in [0.29, 0.717) is 12.1 Å². The molecule has 0 N–H and O–H groups in total. The number of amides is 1. The van der Waals surface area contributed by atoms with E-state index in [1.54, 1.807) is 24.3 Å². The van der Waals surface area contributed by atoms with E-state index in [0.717, 1.165) is 29.4 Å². The van der Waals surface area contributed by atoms with E-state index in [2.05, 4.69) is 0 Å². The summed E-state index contributed by atoms with van der Waals surface area (Å²) in [4.78, 5) is 15.1. The fraction of sp³-hybridized carbons (Fsp3) is 0.240. The second kappa shape index (κ2) is 9.79. The molecule has 3 aromatic carbocycles. The monoisotopic (exact) mass is 437 g/mol. The molecule has 0 fully saturated rings. The van der Waals surface area contributed by atoms with Crippen LogP contribution in [0.25, 0.3) is 11.1 Å². The van der Waals surface area contributed by atoms with Crippen LogP contribution < -0.4 is 4.18 Å². The maximum Gasteiger partial charge on any atom is 0.306 e. The van der Waals surface area contributed by atoms with Crippen LogP contribution in [0.1, 0.15) is 36.2 Å². The van der Waals surface area contributed by atoms with Gasteiger partial charge in [0.2, 0.25) is 0 Å². The van der Waals surface area contributed by atoms with Crippen molar-refractivity contribution in [1.82, 2.24) is 4.90 Å². The van der Waals surface area contributed by atoms with E-state index >= 15 is 0 Å². The van der Waals surface area contributed by atoms with E-state index in [1.807, 2.05) is 73.3 Å². The Kier molecular flexibility index (Phi) is 7.13. The molecule has 0 saturated heterocycles. The quantitative estimate of drug-likeness (QED) is 0.458. The van der Waals surface area contributed by atoms with Gasteiger partial charge in [0, 0.05) is 18.2 Å². The van der Waals surface area contributed by atoms with Gasteiger partial charge in [0.25, 0.3) is 5.91 Å². The van der Waals surface area contributed by atoms with Crippen molar-refractivity contribution in [2.24, 2.45) is 0 Å². The second-order valence-electron chi connectivity index (χ2n) is 7.57. The minimum Gasteiger partial charge on any atom is -0.383 e. The molecule has 3 aromatic rings. The predicted octanol–water partition coefficient (Wildman–Crippen LogP) is 5.13. The first-order valence-corrected chi connectivity index (χ1v) is 12.0. The molecule has 3 rings (SSSR count). The first kappa shape index (κ1) is 22.6. The van der Waals surface area contributed by atoms with Gasteiger partial charge in [-0.1, -0.05) is 61.5 Å². The number of hydrogen-bond acceptors (Lipinski definition) is 4. The Morgan fingerprint density at radius 3 is 2.03 bits per heavy atom. The van der Waals surface area contributed by atoms with Gasteiger partial charge in [-0.15, -0.1) is 0 Å². The molecule has 1 amide bonds. The lowest BCUT2D eigenvalue weighted by Crippen LogP contribution is -2.37. The molecule has 6 heteroatoms. The molecular weight excluding hydrogens is 410 g/mol. The highest BCUT2D eigenvalue weighted by atomic mass is 32.2. The molecule has 162 valence electrons. The minimum atomic E-state index is -3.57. The average Bonchev–Trinajstić information content (AvgIpc) is 2.77. The van der Waals surface area contributed by atoms with Crippen LogP contribution in [0, 0.1) is 0 Å². The standard InChI is InChI=1S/C25H27NO4S/c1-4-19(2)26(18-20-10-16-24(17-11-20)30-31(3,28)29)25(27)23-14-12-22(13-15-23)21-8-6-5-7-9-21/h5-17,19H,4,18H2,1-3H3/t19-/m1/s1. The highest BCUT2D eigenvalue weighted by molar-refractivity contribution is 7.86. The predicted molar refractivity (Wildman–Crippen MR) is 123 cm³/mol. The zero-order valence-corrected chi connectivity index (χ0v) is 18.8. The maximum atomic E-state index is 13.3. The SMILES string of the molecule is CC[C@@H](C)N(Cc1ccc(OS(C)(=O)=O)cc1)C(=O)c1ccc(-c2ccccc2)cc1. The molecule has 0 saturated carbocycles. The smallest absolute Gasteiger partial charge is 0.306 e. The number of carbonyl (C=O) groups is 1. The van der Waals surface area contributed by atoms with Crippen molar-refractivity contribution in [1.29, 1.82) is 0 Å². The fourth-order valence-electron chi connectivity index (χ4n) is 3.27. The molecule has 0 aromatic heterocycles. The zero-order chi connectivity index (χ0) is 22.4. The topological polar surface area (TPSA) is 63.7 Å². The van der Waals surface area contributed by atoms with Crippen molar-refractivity contribution in [2.45, 2.75) is 32.9 Å². The highest BCUT2D eigenvalue weighted by Gasteiger charge is 2.21. The summed E-state index contributed by atoms with van der Waals surface area (Å²) in [7, 11) is -3.57. The van der Waals surface area contributed by atoms with Gasteiger partial charge in [-0.3, -0.25) is 4.79 Å². The van der Waals surface area contributed by atoms with E-state index in [4.69, 9.17) is 4.18 Å². The van der Waals surface area contributed by atoms with Crippen LogP contribution in [0.15, 0.2) is 78.9 Å². The molecule has 0 heterocycles. The van der Waals surface area contributed by atoms with E-state index in [9.17, 15) is 13.2 Å². The normalized spacial score (nSPS) is 12.2. The van der Waals surface area contributed by atoms with Crippen LogP contribution in [-0.2, 0) is 16.7 Å². The molecule has 0 spiro atoms. The van der Waals surface area contributed by atoms with Gasteiger partial charge in [-0.25, -0.2) is 0 Å². The summed E-state index contributed by atoms with van der Waals surface area (Å²) in [5.41, 5.74) is 3.71. The van der Waals surface area contributed by atoms with Crippen LogP contribution in [0.3, 0.4) is 0 Å². The van der Waals surface area contributed by atoms with E-state index < -0.39 is 10.1 Å². The Bertz CT molecular complexity index is 1110. The van der Waals surface area contributed by atoms with Gasteiger partial charge in [0.1, 0.15) is 5.75 Å². The first-order valence-electron chi connectivity index (χ1n) is 10.2. The van der Waals surface area contributed by atoms with Crippen LogP contribution in [0.4, 0.5) is 0 Å². The molecule has 0 bridgehead atoms. The highest BCUT2D eigenvalue weighted by Crippen LogP contribution is 2.22. The molecule has 0 aliphatic rings. The van der Waals surface area contributed by atoms with Crippen molar-refractivity contribution in [3.05, 3.63) is 90.0 Å². The lowest BCUT2D eigenvalue weighted by atomic mass is 10.0. The van der Waals surface area contributed by atoms with Gasteiger partial charge in [0.15, 0.2) is 0 Å². The number of nitrogens with zero attached hydrogens (tertiary/aromatic N) is 1. The lowest BCUT2D eigenvalue weighted by Gasteiger charge is -2.29. The third kappa shape index (κ3) is 6.18. The first-order chi connectivity index (χ1) is 14.8. The molecule has 0 aliphatic heterocycles. The van der Waals surface area contributed by atoms with Gasteiger partial charge in [-0.2, -0.15) is 8.42 Å². The second-order valence-corrected chi connectivity index (χ2v) is 9.14. The summed E-state index contributed by atoms with van der Waals surface area (Å²) < 4.78 is 27.4. The van der Waals surface area contributed by atoms with Crippen LogP contribution in [0.5, 0.6) is 5.75 Å². The fourth-order valence-corrected chi connectivity index (χ4v) is 3.73. The summed E-state index contributed by atoms with van der Waals surface area (Å²) >= 11 is 0. The number of hydrogen-bond donors (Lipinski definition) is 0. The lowest BCUT2D eigenvalue weighted by molar-refractivity contribution is 0.0671. The summed E-state index contributed by atoms with van der Waals surface area (Å²) in [5.74, 6) is 0.217. The Labute approximate surface area is 184 Å². The van der Waals surface area contributed by atoms with Gasteiger partial charge < -0.3 is 9.08 Å². The van der Waals surface area contributed by atoms with E-state index in [-0.39, 0.29) is 17.7 Å². The Morgan fingerprint density at radius 2 is 1.48 bits per heavy atom. The van der Waals surface area contributed by atoms with Crippen molar-refractivity contribution in [3.63, 3.8) is 0 Å². The van der Waals surface area contributed by atoms with Crippen molar-refractivity contribution in [2.75, 3.05) is 6.26 Å². The number of carbonyl (C=O) groups excluding carboxylic acids is 1. The summed E-state index contributed by atoms with van der Waals surface area (Å²) in [6.07, 6.45) is 1.83. The number of rotatable bonds is 8. The van der Waals surface area contributed by atoms with Gasteiger partial charge >= 0.3 is 10.1 Å². The van der Waals surface area contributed by atoms with Crippen LogP contribution in [0.2, 0.25) is 0 Å². The van der Waals surface area contributed by atoms with Crippen LogP contribution >= 0.6 is 0 Å². The molecule has 0 aliphatic carbocycles. The average molecular weight is 438 g/mol. The molecule has 0 unspecified atom stereocenters. The molecule has 1 atom stereocenters. The Balaban J connectivity index is 1.78. The van der Waals surface area contributed by atoms with Crippen molar-refractivity contribution in [3.8, 4) is 16.9 Å². The molecule has 0 radical (unpaired) electrons. The van der Waals surface area contributed by atoms with E-state index in [1.165, 1.54) is 0 Å². The molecule has 31 heavy (non-hydrogen) atoms. The third-order valence-corrected chi connectivity index (χ3v) is 5.64. The third-order valence-electron chi connectivity index (χ3n) is 5.15. The van der Waals surface area contributed by atoms with Gasteiger partial charge in [0.05, 0.1) is 6.26 Å². The Hall–Kier alpha value is -3.12. The number of benzene rings is 3. The minimum absolute atomic E-state index is 0.0366. The summed E-state index contributed by atoms with van der Waals surface area (Å²) in [5, 5.41) is 0.